The van der Waals surface area contributed by atoms with Crippen molar-refractivity contribution < 1.29 is 4.74 Å². The molecule has 2 aliphatic rings. The van der Waals surface area contributed by atoms with Gasteiger partial charge in [0.25, 0.3) is 0 Å². The summed E-state index contributed by atoms with van der Waals surface area (Å²) in [5.41, 5.74) is 6.82. The van der Waals surface area contributed by atoms with Crippen molar-refractivity contribution in [2.75, 3.05) is 19.7 Å². The topological polar surface area (TPSA) is 51.4 Å². The Labute approximate surface area is 106 Å². The molecule has 2 aliphatic heterocycles. The number of morpholine rings is 1. The van der Waals surface area contributed by atoms with Crippen LogP contribution in [0.2, 0.25) is 0 Å². The Kier molecular flexibility index (Phi) is 3.17. The Morgan fingerprint density at radius 2 is 2.53 bits per heavy atom. The van der Waals surface area contributed by atoms with Crippen LogP contribution in [0.5, 0.6) is 0 Å². The van der Waals surface area contributed by atoms with Gasteiger partial charge in [-0.2, -0.15) is 0 Å². The predicted molar refractivity (Wildman–Crippen MR) is 68.0 cm³/mol. The van der Waals surface area contributed by atoms with E-state index in [0.717, 1.165) is 23.9 Å². The quantitative estimate of drug-likeness (QED) is 0.871. The molecule has 0 aliphatic carbocycles. The lowest BCUT2D eigenvalue weighted by Crippen LogP contribution is -2.42. The molecule has 17 heavy (non-hydrogen) atoms. The first-order chi connectivity index (χ1) is 8.24. The van der Waals surface area contributed by atoms with Crippen molar-refractivity contribution in [2.45, 2.75) is 38.0 Å². The molecule has 0 radical (unpaired) electrons. The maximum absolute atomic E-state index is 5.94. The van der Waals surface area contributed by atoms with E-state index in [1.165, 1.54) is 19.4 Å². The van der Waals surface area contributed by atoms with Crippen LogP contribution in [0.25, 0.3) is 0 Å². The maximum Gasteiger partial charge on any atom is 0.123 e. The van der Waals surface area contributed by atoms with Gasteiger partial charge in [0.2, 0.25) is 0 Å². The normalized spacial score (nSPS) is 31.4. The van der Waals surface area contributed by atoms with Crippen molar-refractivity contribution in [1.29, 1.82) is 0 Å². The van der Waals surface area contributed by atoms with E-state index in [1.54, 1.807) is 11.3 Å². The molecule has 0 bridgehead atoms. The Balaban J connectivity index is 1.71. The number of nitrogens with zero attached hydrogens (tertiary/aromatic N) is 2. The number of aromatic nitrogens is 1. The summed E-state index contributed by atoms with van der Waals surface area (Å²) in [5, 5.41) is 3.14. The van der Waals surface area contributed by atoms with Crippen molar-refractivity contribution in [3.8, 4) is 0 Å². The molecule has 0 spiro atoms. The number of ether oxygens (including phenoxy) is 1. The van der Waals surface area contributed by atoms with Crippen LogP contribution in [0.1, 0.15) is 42.6 Å². The van der Waals surface area contributed by atoms with Gasteiger partial charge in [-0.1, -0.05) is 0 Å². The molecule has 3 atom stereocenters. The smallest absolute Gasteiger partial charge is 0.123 e. The molecular weight excluding hydrogens is 234 g/mol. The van der Waals surface area contributed by atoms with Crippen LogP contribution in [0.15, 0.2) is 5.38 Å². The second kappa shape index (κ2) is 4.65. The highest BCUT2D eigenvalue weighted by molar-refractivity contribution is 7.09. The second-order valence-corrected chi connectivity index (χ2v) is 5.90. The minimum atomic E-state index is 0.0168. The van der Waals surface area contributed by atoms with E-state index in [-0.39, 0.29) is 12.1 Å². The zero-order chi connectivity index (χ0) is 11.8. The lowest BCUT2D eigenvalue weighted by molar-refractivity contribution is -0.0502. The number of nitrogens with two attached hydrogens (primary N) is 1. The summed E-state index contributed by atoms with van der Waals surface area (Å²) in [4.78, 5) is 7.13. The van der Waals surface area contributed by atoms with Gasteiger partial charge in [0.05, 0.1) is 12.3 Å². The fraction of sp³-hybridized carbons (Fsp3) is 0.750. The molecule has 2 fully saturated rings. The highest BCUT2D eigenvalue weighted by Crippen LogP contribution is 2.31. The fourth-order valence-electron chi connectivity index (χ4n) is 2.62. The number of rotatable bonds is 2. The number of fused-ring (bicyclic) bond motifs is 1. The predicted octanol–water partition coefficient (Wildman–Crippen LogP) is 1.70. The largest absolute Gasteiger partial charge is 0.368 e. The maximum atomic E-state index is 5.94. The number of hydrogen-bond acceptors (Lipinski definition) is 5. The zero-order valence-corrected chi connectivity index (χ0v) is 10.9. The molecule has 2 saturated heterocycles. The molecule has 3 heterocycles. The molecule has 94 valence electrons. The highest BCUT2D eigenvalue weighted by Gasteiger charge is 2.34. The molecule has 5 heteroatoms. The minimum absolute atomic E-state index is 0.0168. The van der Waals surface area contributed by atoms with Crippen molar-refractivity contribution >= 4 is 11.3 Å². The van der Waals surface area contributed by atoms with E-state index in [2.05, 4.69) is 15.3 Å². The van der Waals surface area contributed by atoms with Gasteiger partial charge in [0.1, 0.15) is 11.1 Å². The number of thiazole rings is 1. The lowest BCUT2D eigenvalue weighted by Gasteiger charge is -2.34. The fourth-order valence-corrected chi connectivity index (χ4v) is 3.59. The van der Waals surface area contributed by atoms with E-state index in [9.17, 15) is 0 Å². The molecule has 3 unspecified atom stereocenters. The van der Waals surface area contributed by atoms with Gasteiger partial charge in [-0.3, -0.25) is 4.90 Å². The summed E-state index contributed by atoms with van der Waals surface area (Å²) in [7, 11) is 0. The zero-order valence-electron chi connectivity index (χ0n) is 10.1. The Bertz CT molecular complexity index is 393. The molecule has 1 aromatic heterocycles. The molecule has 0 saturated carbocycles. The molecule has 2 N–H and O–H groups in total. The lowest BCUT2D eigenvalue weighted by atomic mass is 10.2. The van der Waals surface area contributed by atoms with Crippen LogP contribution in [-0.2, 0) is 4.74 Å². The third kappa shape index (κ3) is 2.25. The first-order valence-corrected chi connectivity index (χ1v) is 7.18. The SMILES string of the molecule is CC(N)c1csc(C2CN3CCCC3CO2)n1. The molecule has 4 nitrogen and oxygen atoms in total. The Hall–Kier alpha value is -0.490. The average Bonchev–Trinajstić information content (AvgIpc) is 2.97. The van der Waals surface area contributed by atoms with Crippen LogP contribution >= 0.6 is 11.3 Å². The number of hydrogen-bond donors (Lipinski definition) is 1. The summed E-state index contributed by atoms with van der Waals surface area (Å²) in [5.74, 6) is 0. The Morgan fingerprint density at radius 1 is 1.65 bits per heavy atom. The van der Waals surface area contributed by atoms with Crippen LogP contribution in [-0.4, -0.2) is 35.6 Å². The minimum Gasteiger partial charge on any atom is -0.368 e. The first-order valence-electron chi connectivity index (χ1n) is 6.30. The van der Waals surface area contributed by atoms with Crippen molar-refractivity contribution in [1.82, 2.24) is 9.88 Å². The highest BCUT2D eigenvalue weighted by atomic mass is 32.1. The average molecular weight is 253 g/mol. The van der Waals surface area contributed by atoms with E-state index in [4.69, 9.17) is 10.5 Å². The van der Waals surface area contributed by atoms with Crippen molar-refractivity contribution in [3.05, 3.63) is 16.1 Å². The van der Waals surface area contributed by atoms with Gasteiger partial charge in [-0.15, -0.1) is 11.3 Å². The van der Waals surface area contributed by atoms with Crippen LogP contribution in [0.3, 0.4) is 0 Å². The second-order valence-electron chi connectivity index (χ2n) is 5.01. The van der Waals surface area contributed by atoms with Crippen LogP contribution < -0.4 is 5.73 Å². The summed E-state index contributed by atoms with van der Waals surface area (Å²) >= 11 is 1.68. The van der Waals surface area contributed by atoms with E-state index in [1.807, 2.05) is 6.92 Å². The summed E-state index contributed by atoms with van der Waals surface area (Å²) in [6, 6.07) is 0.669. The molecule has 3 rings (SSSR count). The summed E-state index contributed by atoms with van der Waals surface area (Å²) < 4.78 is 5.94. The molecular formula is C12H19N3OS. The van der Waals surface area contributed by atoms with Gasteiger partial charge < -0.3 is 10.5 Å². The summed E-state index contributed by atoms with van der Waals surface area (Å²) in [6.07, 6.45) is 2.75. The Morgan fingerprint density at radius 3 is 3.29 bits per heavy atom. The van der Waals surface area contributed by atoms with Gasteiger partial charge in [0.15, 0.2) is 0 Å². The third-order valence-corrected chi connectivity index (χ3v) is 4.63. The molecule has 0 aromatic carbocycles. The third-order valence-electron chi connectivity index (χ3n) is 3.67. The van der Waals surface area contributed by atoms with Gasteiger partial charge in [-0.05, 0) is 26.3 Å². The van der Waals surface area contributed by atoms with Crippen molar-refractivity contribution in [3.63, 3.8) is 0 Å². The van der Waals surface area contributed by atoms with Crippen LogP contribution in [0, 0.1) is 0 Å². The first kappa shape index (κ1) is 11.6. The molecule has 0 amide bonds. The monoisotopic (exact) mass is 253 g/mol. The van der Waals surface area contributed by atoms with Crippen molar-refractivity contribution in [2.24, 2.45) is 5.73 Å². The van der Waals surface area contributed by atoms with Gasteiger partial charge in [0, 0.05) is 24.0 Å². The summed E-state index contributed by atoms with van der Waals surface area (Å²) in [6.45, 7) is 5.04. The van der Waals surface area contributed by atoms with E-state index < -0.39 is 0 Å². The van der Waals surface area contributed by atoms with E-state index >= 15 is 0 Å². The van der Waals surface area contributed by atoms with Gasteiger partial charge >= 0.3 is 0 Å². The van der Waals surface area contributed by atoms with E-state index in [0.29, 0.717) is 6.04 Å². The van der Waals surface area contributed by atoms with Gasteiger partial charge in [-0.25, -0.2) is 4.98 Å². The standard InChI is InChI=1S/C12H19N3OS/c1-8(13)10-7-17-12(14-10)11-5-15-4-2-3-9(15)6-16-11/h7-9,11H,2-6,13H2,1H3. The van der Waals surface area contributed by atoms with Crippen LogP contribution in [0.4, 0.5) is 0 Å². The molecule has 1 aromatic rings.